The van der Waals surface area contributed by atoms with E-state index in [1.165, 1.54) is 24.3 Å². The van der Waals surface area contributed by atoms with Gasteiger partial charge in [0.25, 0.3) is 5.91 Å². The van der Waals surface area contributed by atoms with Gasteiger partial charge in [0.15, 0.2) is 0 Å². The number of hydrogen-bond donors (Lipinski definition) is 0. The fourth-order valence-corrected chi connectivity index (χ4v) is 4.98. The summed E-state index contributed by atoms with van der Waals surface area (Å²) in [5.74, 6) is 1.39. The number of benzene rings is 2. The van der Waals surface area contributed by atoms with E-state index >= 15 is 0 Å². The van der Waals surface area contributed by atoms with Gasteiger partial charge in [0, 0.05) is 37.2 Å². The van der Waals surface area contributed by atoms with Gasteiger partial charge < -0.3 is 9.32 Å². The molecule has 1 amide bonds. The number of rotatable bonds is 7. The van der Waals surface area contributed by atoms with Crippen LogP contribution in [0.2, 0.25) is 0 Å². The van der Waals surface area contributed by atoms with Crippen LogP contribution in [0.5, 0.6) is 0 Å². The van der Waals surface area contributed by atoms with Crippen molar-refractivity contribution < 1.29 is 18.0 Å². The highest BCUT2D eigenvalue weighted by Gasteiger charge is 2.40. The molecule has 5 rings (SSSR count). The van der Waals surface area contributed by atoms with Gasteiger partial charge in [-0.3, -0.25) is 9.69 Å². The second-order valence-electron chi connectivity index (χ2n) is 9.32. The van der Waals surface area contributed by atoms with Crippen molar-refractivity contribution in [3.63, 3.8) is 0 Å². The molecule has 0 N–H and O–H groups in total. The largest absolute Gasteiger partial charge is 0.465 e. The number of halogens is 2. The van der Waals surface area contributed by atoms with E-state index in [0.717, 1.165) is 43.0 Å². The highest BCUT2D eigenvalue weighted by Crippen LogP contribution is 2.37. The summed E-state index contributed by atoms with van der Waals surface area (Å²) >= 11 is 0. The average Bonchev–Trinajstić information content (AvgIpc) is 3.45. The first kappa shape index (κ1) is 21.8. The Morgan fingerprint density at radius 3 is 2.48 bits per heavy atom. The maximum Gasteiger partial charge on any atom is 0.254 e. The lowest BCUT2D eigenvalue weighted by atomic mass is 9.88. The first-order chi connectivity index (χ1) is 16.0. The fraction of sp³-hybridized carbons (Fsp3) is 0.370. The summed E-state index contributed by atoms with van der Waals surface area (Å²) < 4.78 is 33.1. The standard InChI is InChI=1S/C27H28F2N2O2/c1-18-5-12-25(33-18)16-30-14-21(26(17-30)19-6-8-22(28)9-7-19)15-31(24-10-11-24)27(32)20-3-2-4-23(29)13-20/h2-9,12-13,21,24,26H,10-11,14-17H2,1H3/t21-,26-/m1/s1. The Balaban J connectivity index is 1.38. The van der Waals surface area contributed by atoms with Crippen molar-refractivity contribution in [3.05, 3.63) is 94.9 Å². The molecule has 1 aliphatic heterocycles. The van der Waals surface area contributed by atoms with E-state index in [4.69, 9.17) is 4.42 Å². The van der Waals surface area contributed by atoms with Crippen LogP contribution in [0.3, 0.4) is 0 Å². The maximum atomic E-state index is 13.8. The van der Waals surface area contributed by atoms with Crippen molar-refractivity contribution in [2.24, 2.45) is 5.92 Å². The third-order valence-electron chi connectivity index (χ3n) is 6.74. The molecule has 6 heteroatoms. The molecular formula is C27H28F2N2O2. The van der Waals surface area contributed by atoms with Crippen LogP contribution in [0, 0.1) is 24.5 Å². The summed E-state index contributed by atoms with van der Waals surface area (Å²) in [6.45, 7) is 4.84. The molecule has 2 fully saturated rings. The number of nitrogens with zero attached hydrogens (tertiary/aromatic N) is 2. The van der Waals surface area contributed by atoms with Crippen molar-refractivity contribution in [3.8, 4) is 0 Å². The fourth-order valence-electron chi connectivity index (χ4n) is 4.98. The summed E-state index contributed by atoms with van der Waals surface area (Å²) in [5, 5.41) is 0. The SMILES string of the molecule is Cc1ccc(CN2C[C@H](CN(C(=O)c3cccc(F)c3)C3CC3)[C@@H](c3ccc(F)cc3)C2)o1. The van der Waals surface area contributed by atoms with Gasteiger partial charge in [-0.2, -0.15) is 0 Å². The monoisotopic (exact) mass is 450 g/mol. The molecule has 33 heavy (non-hydrogen) atoms. The van der Waals surface area contributed by atoms with Crippen LogP contribution in [-0.4, -0.2) is 41.4 Å². The topological polar surface area (TPSA) is 36.7 Å². The zero-order valence-electron chi connectivity index (χ0n) is 18.7. The summed E-state index contributed by atoms with van der Waals surface area (Å²) in [7, 11) is 0. The molecule has 2 heterocycles. The van der Waals surface area contributed by atoms with Crippen LogP contribution in [0.25, 0.3) is 0 Å². The molecule has 4 nitrogen and oxygen atoms in total. The molecule has 2 aromatic carbocycles. The molecule has 2 atom stereocenters. The summed E-state index contributed by atoms with van der Waals surface area (Å²) in [6.07, 6.45) is 1.95. The van der Waals surface area contributed by atoms with Crippen LogP contribution in [0.4, 0.5) is 8.78 Å². The second kappa shape index (κ2) is 9.10. The Hall–Kier alpha value is -2.99. The van der Waals surface area contributed by atoms with E-state index in [0.29, 0.717) is 18.7 Å². The number of carbonyl (C=O) groups is 1. The smallest absolute Gasteiger partial charge is 0.254 e. The van der Waals surface area contributed by atoms with E-state index in [-0.39, 0.29) is 29.6 Å². The van der Waals surface area contributed by atoms with Crippen LogP contribution >= 0.6 is 0 Å². The predicted molar refractivity (Wildman–Crippen MR) is 122 cm³/mol. The van der Waals surface area contributed by atoms with Gasteiger partial charge in [0.05, 0.1) is 6.54 Å². The minimum absolute atomic E-state index is 0.116. The van der Waals surface area contributed by atoms with E-state index in [1.54, 1.807) is 12.1 Å². The van der Waals surface area contributed by atoms with Crippen molar-refractivity contribution in [1.82, 2.24) is 9.80 Å². The van der Waals surface area contributed by atoms with E-state index in [9.17, 15) is 13.6 Å². The van der Waals surface area contributed by atoms with Crippen LogP contribution in [-0.2, 0) is 6.54 Å². The lowest BCUT2D eigenvalue weighted by molar-refractivity contribution is 0.0710. The first-order valence-electron chi connectivity index (χ1n) is 11.6. The lowest BCUT2D eigenvalue weighted by Crippen LogP contribution is -2.39. The zero-order valence-corrected chi connectivity index (χ0v) is 18.7. The highest BCUT2D eigenvalue weighted by molar-refractivity contribution is 5.94. The molecule has 2 aliphatic rings. The van der Waals surface area contributed by atoms with Gasteiger partial charge in [-0.15, -0.1) is 0 Å². The summed E-state index contributed by atoms with van der Waals surface area (Å²) in [6, 6.07) is 16.8. The highest BCUT2D eigenvalue weighted by atomic mass is 19.1. The minimum atomic E-state index is -0.401. The molecule has 1 saturated heterocycles. The Morgan fingerprint density at radius 1 is 1.03 bits per heavy atom. The Morgan fingerprint density at radius 2 is 1.82 bits per heavy atom. The number of carbonyl (C=O) groups excluding carboxylic acids is 1. The maximum absolute atomic E-state index is 13.8. The van der Waals surface area contributed by atoms with Crippen molar-refractivity contribution in [1.29, 1.82) is 0 Å². The van der Waals surface area contributed by atoms with Gasteiger partial charge in [0.1, 0.15) is 23.2 Å². The minimum Gasteiger partial charge on any atom is -0.465 e. The molecule has 3 aromatic rings. The molecule has 0 unspecified atom stereocenters. The Bertz CT molecular complexity index is 1120. The van der Waals surface area contributed by atoms with Gasteiger partial charge in [0.2, 0.25) is 0 Å². The van der Waals surface area contributed by atoms with Crippen molar-refractivity contribution >= 4 is 5.91 Å². The van der Waals surface area contributed by atoms with Gasteiger partial charge >= 0.3 is 0 Å². The van der Waals surface area contributed by atoms with E-state index in [2.05, 4.69) is 4.90 Å². The molecule has 0 spiro atoms. The van der Waals surface area contributed by atoms with E-state index in [1.807, 2.05) is 36.1 Å². The second-order valence-corrected chi connectivity index (χ2v) is 9.32. The molecule has 0 radical (unpaired) electrons. The van der Waals surface area contributed by atoms with Crippen molar-refractivity contribution in [2.45, 2.75) is 38.3 Å². The first-order valence-corrected chi connectivity index (χ1v) is 11.6. The van der Waals surface area contributed by atoms with Gasteiger partial charge in [-0.25, -0.2) is 8.78 Å². The molecular weight excluding hydrogens is 422 g/mol. The Labute approximate surface area is 192 Å². The van der Waals surface area contributed by atoms with E-state index < -0.39 is 5.82 Å². The Kier molecular flexibility index (Phi) is 6.02. The van der Waals surface area contributed by atoms with Crippen molar-refractivity contribution in [2.75, 3.05) is 19.6 Å². The van der Waals surface area contributed by atoms with Crippen LogP contribution in [0.15, 0.2) is 65.1 Å². The lowest BCUT2D eigenvalue weighted by Gasteiger charge is -2.29. The number of aryl methyl sites for hydroxylation is 1. The summed E-state index contributed by atoms with van der Waals surface area (Å²) in [5.41, 5.74) is 1.47. The van der Waals surface area contributed by atoms with Crippen LogP contribution < -0.4 is 0 Å². The molecule has 1 aliphatic carbocycles. The predicted octanol–water partition coefficient (Wildman–Crippen LogP) is 5.39. The number of furan rings is 1. The van der Waals surface area contributed by atoms with Crippen LogP contribution in [0.1, 0.15) is 46.2 Å². The quantitative estimate of drug-likeness (QED) is 0.485. The number of amides is 1. The van der Waals surface area contributed by atoms with Gasteiger partial charge in [-0.05, 0) is 73.7 Å². The normalized spacial score (nSPS) is 20.8. The number of likely N-dealkylation sites (tertiary alicyclic amines) is 1. The average molecular weight is 451 g/mol. The molecule has 172 valence electrons. The zero-order chi connectivity index (χ0) is 22.9. The third kappa shape index (κ3) is 5.01. The molecule has 0 bridgehead atoms. The third-order valence-corrected chi connectivity index (χ3v) is 6.74. The molecule has 1 aromatic heterocycles. The number of hydrogen-bond acceptors (Lipinski definition) is 3. The summed E-state index contributed by atoms with van der Waals surface area (Å²) in [4.78, 5) is 17.6. The van der Waals surface area contributed by atoms with Gasteiger partial charge in [-0.1, -0.05) is 18.2 Å². The molecule has 1 saturated carbocycles.